The third-order valence-electron chi connectivity index (χ3n) is 7.10. The standard InChI is InChI=1S/C31H61NO4/c1-3-5-7-9-11-13-14-15-16-17-19-21-23-25-27-36-30(33)28-29(31(34)35)32-26-24-22-20-18-12-10-8-6-4-2/h29,32H,3-28H2,1-2H3,(H,34,35). The summed E-state index contributed by atoms with van der Waals surface area (Å²) in [7, 11) is 0. The Hall–Kier alpha value is -1.10. The molecule has 0 bridgehead atoms. The zero-order chi connectivity index (χ0) is 26.5. The molecule has 0 aromatic carbocycles. The summed E-state index contributed by atoms with van der Waals surface area (Å²) in [6.45, 7) is 5.54. The lowest BCUT2D eigenvalue weighted by atomic mass is 10.0. The molecule has 0 aliphatic rings. The fraction of sp³-hybridized carbons (Fsp3) is 0.935. The highest BCUT2D eigenvalue weighted by Crippen LogP contribution is 2.13. The zero-order valence-electron chi connectivity index (χ0n) is 24.1. The Morgan fingerprint density at radius 1 is 0.583 bits per heavy atom. The van der Waals surface area contributed by atoms with Crippen molar-refractivity contribution in [3.8, 4) is 0 Å². The highest BCUT2D eigenvalue weighted by Gasteiger charge is 2.21. The number of nitrogens with one attached hydrogen (secondary N) is 1. The number of carbonyl (C=O) groups excluding carboxylic acids is 1. The van der Waals surface area contributed by atoms with Gasteiger partial charge in [-0.3, -0.25) is 9.59 Å². The molecule has 0 saturated heterocycles. The van der Waals surface area contributed by atoms with Crippen molar-refractivity contribution in [3.63, 3.8) is 0 Å². The second-order valence-corrected chi connectivity index (χ2v) is 10.7. The lowest BCUT2D eigenvalue weighted by Crippen LogP contribution is -2.39. The quantitative estimate of drug-likeness (QED) is 0.0774. The second-order valence-electron chi connectivity index (χ2n) is 10.7. The first-order chi connectivity index (χ1) is 17.6. The summed E-state index contributed by atoms with van der Waals surface area (Å²) in [6.07, 6.45) is 29.1. The maximum absolute atomic E-state index is 12.0. The van der Waals surface area contributed by atoms with E-state index in [0.29, 0.717) is 13.2 Å². The van der Waals surface area contributed by atoms with Crippen LogP contribution in [0.5, 0.6) is 0 Å². The van der Waals surface area contributed by atoms with Gasteiger partial charge in [-0.05, 0) is 19.4 Å². The van der Waals surface area contributed by atoms with Gasteiger partial charge in [0.05, 0.1) is 13.0 Å². The first-order valence-corrected chi connectivity index (χ1v) is 15.7. The molecule has 214 valence electrons. The van der Waals surface area contributed by atoms with Crippen LogP contribution in [0.1, 0.15) is 168 Å². The van der Waals surface area contributed by atoms with E-state index < -0.39 is 18.0 Å². The van der Waals surface area contributed by atoms with Gasteiger partial charge in [-0.15, -0.1) is 0 Å². The average molecular weight is 512 g/mol. The number of esters is 1. The van der Waals surface area contributed by atoms with Crippen LogP contribution in [0.4, 0.5) is 0 Å². The molecule has 0 rings (SSSR count). The molecule has 36 heavy (non-hydrogen) atoms. The smallest absolute Gasteiger partial charge is 0.321 e. The Morgan fingerprint density at radius 2 is 0.944 bits per heavy atom. The first-order valence-electron chi connectivity index (χ1n) is 15.7. The van der Waals surface area contributed by atoms with Crippen molar-refractivity contribution >= 4 is 11.9 Å². The lowest BCUT2D eigenvalue weighted by Gasteiger charge is -2.14. The summed E-state index contributed by atoms with van der Waals surface area (Å²) >= 11 is 0. The number of aliphatic carboxylic acids is 1. The molecule has 1 atom stereocenters. The van der Waals surface area contributed by atoms with Crippen molar-refractivity contribution in [2.45, 2.75) is 174 Å². The molecule has 0 aliphatic carbocycles. The predicted molar refractivity (Wildman–Crippen MR) is 153 cm³/mol. The van der Waals surface area contributed by atoms with Gasteiger partial charge in [-0.1, -0.05) is 149 Å². The minimum Gasteiger partial charge on any atom is -0.480 e. The molecular formula is C31H61NO4. The molecule has 2 N–H and O–H groups in total. The number of carboxylic acid groups (broad SMARTS) is 1. The van der Waals surface area contributed by atoms with E-state index in [1.807, 2.05) is 0 Å². The van der Waals surface area contributed by atoms with Crippen molar-refractivity contribution in [2.24, 2.45) is 0 Å². The molecule has 0 aromatic heterocycles. The minimum atomic E-state index is -0.973. The number of ether oxygens (including phenoxy) is 1. The molecule has 5 heteroatoms. The molecule has 5 nitrogen and oxygen atoms in total. The molecule has 0 fully saturated rings. The highest BCUT2D eigenvalue weighted by atomic mass is 16.5. The lowest BCUT2D eigenvalue weighted by molar-refractivity contribution is -0.149. The van der Waals surface area contributed by atoms with Crippen molar-refractivity contribution < 1.29 is 19.4 Å². The van der Waals surface area contributed by atoms with E-state index in [-0.39, 0.29) is 6.42 Å². The van der Waals surface area contributed by atoms with Crippen LogP contribution in [0, 0.1) is 0 Å². The summed E-state index contributed by atoms with van der Waals surface area (Å²) in [4.78, 5) is 23.5. The van der Waals surface area contributed by atoms with Crippen LogP contribution in [0.3, 0.4) is 0 Å². The van der Waals surface area contributed by atoms with Gasteiger partial charge >= 0.3 is 11.9 Å². The number of carboxylic acids is 1. The normalized spacial score (nSPS) is 12.1. The molecular weight excluding hydrogens is 450 g/mol. The summed E-state index contributed by atoms with van der Waals surface area (Å²) in [6, 6.07) is -0.845. The highest BCUT2D eigenvalue weighted by molar-refractivity contribution is 5.81. The van der Waals surface area contributed by atoms with Crippen LogP contribution in [-0.4, -0.2) is 36.2 Å². The van der Waals surface area contributed by atoms with Crippen molar-refractivity contribution in [1.82, 2.24) is 5.32 Å². The Labute approximate surface area is 223 Å². The van der Waals surface area contributed by atoms with Crippen molar-refractivity contribution in [1.29, 1.82) is 0 Å². The van der Waals surface area contributed by atoms with Crippen LogP contribution >= 0.6 is 0 Å². The van der Waals surface area contributed by atoms with Gasteiger partial charge in [0.1, 0.15) is 6.04 Å². The fourth-order valence-corrected chi connectivity index (χ4v) is 4.67. The molecule has 1 unspecified atom stereocenters. The van der Waals surface area contributed by atoms with Gasteiger partial charge in [-0.2, -0.15) is 0 Å². The molecule has 0 saturated carbocycles. The van der Waals surface area contributed by atoms with E-state index in [9.17, 15) is 14.7 Å². The number of hydrogen-bond donors (Lipinski definition) is 2. The number of unbranched alkanes of at least 4 members (excludes halogenated alkanes) is 21. The van der Waals surface area contributed by atoms with Crippen LogP contribution in [0.25, 0.3) is 0 Å². The van der Waals surface area contributed by atoms with Crippen LogP contribution in [0.2, 0.25) is 0 Å². The van der Waals surface area contributed by atoms with Gasteiger partial charge in [0.2, 0.25) is 0 Å². The Balaban J connectivity index is 3.53. The van der Waals surface area contributed by atoms with E-state index >= 15 is 0 Å². The summed E-state index contributed by atoms with van der Waals surface area (Å²) in [5.41, 5.74) is 0. The molecule has 0 aromatic rings. The summed E-state index contributed by atoms with van der Waals surface area (Å²) < 4.78 is 5.29. The Morgan fingerprint density at radius 3 is 1.33 bits per heavy atom. The topological polar surface area (TPSA) is 75.6 Å². The van der Waals surface area contributed by atoms with E-state index in [2.05, 4.69) is 19.2 Å². The summed E-state index contributed by atoms with van der Waals surface area (Å²) in [5, 5.41) is 12.4. The van der Waals surface area contributed by atoms with E-state index in [1.165, 1.54) is 122 Å². The zero-order valence-corrected chi connectivity index (χ0v) is 24.1. The summed E-state index contributed by atoms with van der Waals surface area (Å²) in [5.74, 6) is -1.38. The number of rotatable bonds is 29. The van der Waals surface area contributed by atoms with E-state index in [1.54, 1.807) is 0 Å². The first kappa shape index (κ1) is 34.9. The minimum absolute atomic E-state index is 0.0919. The molecule has 0 aliphatic heterocycles. The van der Waals surface area contributed by atoms with Gasteiger partial charge < -0.3 is 15.2 Å². The molecule has 0 amide bonds. The van der Waals surface area contributed by atoms with Crippen LogP contribution in [-0.2, 0) is 14.3 Å². The molecule has 0 radical (unpaired) electrons. The number of carbonyl (C=O) groups is 2. The average Bonchev–Trinajstić information content (AvgIpc) is 2.86. The van der Waals surface area contributed by atoms with E-state index in [0.717, 1.165) is 25.7 Å². The fourth-order valence-electron chi connectivity index (χ4n) is 4.67. The van der Waals surface area contributed by atoms with Crippen molar-refractivity contribution in [2.75, 3.05) is 13.2 Å². The molecule has 0 spiro atoms. The van der Waals surface area contributed by atoms with E-state index in [4.69, 9.17) is 4.74 Å². The predicted octanol–water partition coefficient (Wildman–Crippen LogP) is 8.97. The SMILES string of the molecule is CCCCCCCCCCCCCCCCOC(=O)CC(NCCCCCCCCCCC)C(=O)O. The molecule has 0 heterocycles. The monoisotopic (exact) mass is 511 g/mol. The Bertz CT molecular complexity index is 483. The van der Waals surface area contributed by atoms with Gasteiger partial charge in [0.15, 0.2) is 0 Å². The Kier molecular flexibility index (Phi) is 27.6. The van der Waals surface area contributed by atoms with Gasteiger partial charge in [-0.25, -0.2) is 0 Å². The van der Waals surface area contributed by atoms with Crippen LogP contribution in [0.15, 0.2) is 0 Å². The third kappa shape index (κ3) is 26.0. The van der Waals surface area contributed by atoms with Crippen LogP contribution < -0.4 is 5.32 Å². The third-order valence-corrected chi connectivity index (χ3v) is 7.10. The maximum atomic E-state index is 12.0. The maximum Gasteiger partial charge on any atom is 0.321 e. The number of hydrogen-bond acceptors (Lipinski definition) is 4. The van der Waals surface area contributed by atoms with Gasteiger partial charge in [0, 0.05) is 0 Å². The largest absolute Gasteiger partial charge is 0.480 e. The van der Waals surface area contributed by atoms with Gasteiger partial charge in [0.25, 0.3) is 0 Å². The second kappa shape index (κ2) is 28.5. The van der Waals surface area contributed by atoms with Crippen molar-refractivity contribution in [3.05, 3.63) is 0 Å².